The second-order valence-electron chi connectivity index (χ2n) is 9.32. The molecule has 6 nitrogen and oxygen atoms in total. The van der Waals surface area contributed by atoms with Gasteiger partial charge in [0.2, 0.25) is 6.79 Å². The Labute approximate surface area is 177 Å². The topological polar surface area (TPSA) is 57.2 Å². The number of ether oxygens (including phenoxy) is 4. The van der Waals surface area contributed by atoms with Crippen molar-refractivity contribution in [1.29, 1.82) is 0 Å². The van der Waals surface area contributed by atoms with Crippen LogP contribution in [0.3, 0.4) is 0 Å². The third kappa shape index (κ3) is 2.95. The van der Waals surface area contributed by atoms with Crippen LogP contribution in [0, 0.1) is 5.92 Å². The van der Waals surface area contributed by atoms with Gasteiger partial charge in [-0.1, -0.05) is 19.3 Å². The van der Waals surface area contributed by atoms with Crippen molar-refractivity contribution in [3.63, 3.8) is 0 Å². The first kappa shape index (κ1) is 18.7. The minimum Gasteiger partial charge on any atom is -0.455 e. The van der Waals surface area contributed by atoms with Crippen molar-refractivity contribution in [2.24, 2.45) is 5.92 Å². The average Bonchev–Trinajstić information content (AvgIpc) is 3.35. The van der Waals surface area contributed by atoms with Gasteiger partial charge in [-0.3, -0.25) is 9.69 Å². The number of fused-ring (bicyclic) bond motifs is 8. The van der Waals surface area contributed by atoms with Crippen LogP contribution in [0.1, 0.15) is 55.6 Å². The van der Waals surface area contributed by atoms with E-state index in [9.17, 15) is 4.79 Å². The third-order valence-electron chi connectivity index (χ3n) is 7.70. The first-order chi connectivity index (χ1) is 14.7. The summed E-state index contributed by atoms with van der Waals surface area (Å²) in [4.78, 5) is 15.4. The maximum atomic E-state index is 12.8. The number of hydrogen-bond acceptors (Lipinski definition) is 6. The fourth-order valence-electron chi connectivity index (χ4n) is 6.12. The quantitative estimate of drug-likeness (QED) is 0.560. The highest BCUT2D eigenvalue weighted by Crippen LogP contribution is 2.50. The highest BCUT2D eigenvalue weighted by molar-refractivity contribution is 5.73. The lowest BCUT2D eigenvalue weighted by Gasteiger charge is -2.35. The number of carbonyl (C=O) groups excluding carboxylic acids is 1. The SMILES string of the molecule is CO[C@H]1C[C@H]2C(=C[C@@H]1OC(=O)C1CCCCC1)[C@H]1CN2Cc2cc3c(cc21)OCO3. The largest absolute Gasteiger partial charge is 0.455 e. The van der Waals surface area contributed by atoms with Crippen LogP contribution in [0.15, 0.2) is 23.8 Å². The summed E-state index contributed by atoms with van der Waals surface area (Å²) in [5, 5.41) is 0. The molecule has 2 bridgehead atoms. The molecule has 30 heavy (non-hydrogen) atoms. The number of benzene rings is 1. The smallest absolute Gasteiger partial charge is 0.309 e. The maximum absolute atomic E-state index is 12.8. The summed E-state index contributed by atoms with van der Waals surface area (Å²) in [7, 11) is 1.73. The zero-order valence-electron chi connectivity index (χ0n) is 17.5. The average molecular weight is 411 g/mol. The number of hydrogen-bond donors (Lipinski definition) is 0. The predicted molar refractivity (Wildman–Crippen MR) is 109 cm³/mol. The van der Waals surface area contributed by atoms with Gasteiger partial charge in [-0.05, 0) is 54.2 Å². The van der Waals surface area contributed by atoms with Gasteiger partial charge in [0.05, 0.1) is 12.0 Å². The van der Waals surface area contributed by atoms with Gasteiger partial charge in [0, 0.05) is 32.2 Å². The minimum atomic E-state index is -0.298. The molecule has 1 unspecified atom stereocenters. The maximum Gasteiger partial charge on any atom is 0.309 e. The van der Waals surface area contributed by atoms with Crippen molar-refractivity contribution in [1.82, 2.24) is 4.90 Å². The number of carbonyl (C=O) groups is 1. The Morgan fingerprint density at radius 1 is 1.13 bits per heavy atom. The van der Waals surface area contributed by atoms with Crippen LogP contribution in [-0.4, -0.2) is 49.6 Å². The Bertz CT molecular complexity index is 890. The van der Waals surface area contributed by atoms with Gasteiger partial charge in [-0.25, -0.2) is 0 Å². The van der Waals surface area contributed by atoms with Gasteiger partial charge in [0.15, 0.2) is 11.5 Å². The van der Waals surface area contributed by atoms with Crippen molar-refractivity contribution < 1.29 is 23.7 Å². The molecule has 3 aliphatic heterocycles. The van der Waals surface area contributed by atoms with E-state index in [2.05, 4.69) is 23.1 Å². The van der Waals surface area contributed by atoms with Crippen LogP contribution < -0.4 is 9.47 Å². The zero-order valence-corrected chi connectivity index (χ0v) is 17.5. The molecule has 0 radical (unpaired) electrons. The van der Waals surface area contributed by atoms with E-state index in [0.29, 0.717) is 18.8 Å². The van der Waals surface area contributed by atoms with E-state index in [1.54, 1.807) is 7.11 Å². The first-order valence-electron chi connectivity index (χ1n) is 11.3. The molecule has 5 aliphatic rings. The Morgan fingerprint density at radius 2 is 1.93 bits per heavy atom. The van der Waals surface area contributed by atoms with Crippen LogP contribution >= 0.6 is 0 Å². The number of methoxy groups -OCH3 is 1. The summed E-state index contributed by atoms with van der Waals surface area (Å²) in [6.45, 7) is 2.21. The fraction of sp³-hybridized carbons (Fsp3) is 0.625. The van der Waals surface area contributed by atoms with Crippen LogP contribution in [0.25, 0.3) is 0 Å². The molecule has 1 saturated carbocycles. The molecular weight excluding hydrogens is 382 g/mol. The second-order valence-corrected chi connectivity index (χ2v) is 9.32. The van der Waals surface area contributed by atoms with Crippen LogP contribution in [0.5, 0.6) is 11.5 Å². The lowest BCUT2D eigenvalue weighted by atomic mass is 9.82. The molecule has 1 saturated heterocycles. The van der Waals surface area contributed by atoms with E-state index >= 15 is 0 Å². The molecule has 0 amide bonds. The van der Waals surface area contributed by atoms with Gasteiger partial charge >= 0.3 is 5.97 Å². The minimum absolute atomic E-state index is 0.0397. The predicted octanol–water partition coefficient (Wildman–Crippen LogP) is 3.53. The summed E-state index contributed by atoms with van der Waals surface area (Å²) < 4.78 is 23.1. The summed E-state index contributed by atoms with van der Waals surface area (Å²) >= 11 is 0. The fourth-order valence-corrected chi connectivity index (χ4v) is 6.12. The van der Waals surface area contributed by atoms with Crippen LogP contribution in [-0.2, 0) is 20.8 Å². The molecule has 3 heterocycles. The number of esters is 1. The highest BCUT2D eigenvalue weighted by atomic mass is 16.7. The first-order valence-corrected chi connectivity index (χ1v) is 11.3. The molecule has 0 spiro atoms. The highest BCUT2D eigenvalue weighted by Gasteiger charge is 2.47. The van der Waals surface area contributed by atoms with E-state index < -0.39 is 0 Å². The van der Waals surface area contributed by atoms with Gasteiger partial charge in [0.1, 0.15) is 6.10 Å². The normalized spacial score (nSPS) is 34.2. The monoisotopic (exact) mass is 411 g/mol. The lowest BCUT2D eigenvalue weighted by molar-refractivity contribution is -0.159. The van der Waals surface area contributed by atoms with Crippen molar-refractivity contribution in [2.75, 3.05) is 20.4 Å². The lowest BCUT2D eigenvalue weighted by Crippen LogP contribution is -2.43. The van der Waals surface area contributed by atoms with Crippen molar-refractivity contribution >= 4 is 5.97 Å². The Hall–Kier alpha value is -2.05. The molecule has 1 aromatic rings. The molecule has 6 rings (SSSR count). The molecule has 2 fully saturated rings. The van der Waals surface area contributed by atoms with E-state index in [1.165, 1.54) is 23.1 Å². The molecule has 1 aromatic carbocycles. The Morgan fingerprint density at radius 3 is 2.73 bits per heavy atom. The Kier molecular flexibility index (Phi) is 4.53. The summed E-state index contributed by atoms with van der Waals surface area (Å²) in [5.74, 6) is 2.03. The Balaban J connectivity index is 1.29. The van der Waals surface area contributed by atoms with E-state index in [4.69, 9.17) is 18.9 Å². The molecule has 160 valence electrons. The standard InChI is InChI=1S/C24H29NO5/c1-27-20-10-19-17(9-23(20)30-24(26)14-5-3-2-4-6-14)18-12-25(19)11-15-7-21-22(8-16(15)18)29-13-28-21/h7-9,14,18-20,23H,2-6,10-13H2,1H3/t18-,19-,20-,23-/m0/s1. The van der Waals surface area contributed by atoms with E-state index in [-0.39, 0.29) is 24.1 Å². The molecular formula is C24H29NO5. The van der Waals surface area contributed by atoms with E-state index in [1.807, 2.05) is 0 Å². The molecule has 2 aliphatic carbocycles. The third-order valence-corrected chi connectivity index (χ3v) is 7.70. The summed E-state index contributed by atoms with van der Waals surface area (Å²) in [6, 6.07) is 4.64. The number of rotatable bonds is 3. The summed E-state index contributed by atoms with van der Waals surface area (Å²) in [6.07, 6.45) is 8.08. The van der Waals surface area contributed by atoms with E-state index in [0.717, 1.165) is 56.7 Å². The van der Waals surface area contributed by atoms with Crippen molar-refractivity contribution in [3.8, 4) is 11.5 Å². The molecule has 0 aromatic heterocycles. The van der Waals surface area contributed by atoms with Gasteiger partial charge in [-0.15, -0.1) is 0 Å². The van der Waals surface area contributed by atoms with Gasteiger partial charge in [0.25, 0.3) is 0 Å². The van der Waals surface area contributed by atoms with Gasteiger partial charge < -0.3 is 18.9 Å². The molecule has 0 N–H and O–H groups in total. The van der Waals surface area contributed by atoms with Crippen molar-refractivity contribution in [2.45, 2.75) is 69.2 Å². The molecule has 5 atom stereocenters. The second kappa shape index (κ2) is 7.27. The number of nitrogens with zero attached hydrogens (tertiary/aromatic N) is 1. The van der Waals surface area contributed by atoms with Crippen LogP contribution in [0.2, 0.25) is 0 Å². The summed E-state index contributed by atoms with van der Waals surface area (Å²) in [5.41, 5.74) is 4.02. The molecule has 6 heteroatoms. The van der Waals surface area contributed by atoms with Gasteiger partial charge in [-0.2, -0.15) is 0 Å². The van der Waals surface area contributed by atoms with Crippen molar-refractivity contribution in [3.05, 3.63) is 34.9 Å². The zero-order chi connectivity index (χ0) is 20.2. The van der Waals surface area contributed by atoms with Crippen LogP contribution in [0.4, 0.5) is 0 Å².